The van der Waals surface area contributed by atoms with Crippen LogP contribution < -0.4 is 0 Å². The van der Waals surface area contributed by atoms with Crippen molar-refractivity contribution in [2.45, 2.75) is 30.6 Å². The van der Waals surface area contributed by atoms with Crippen molar-refractivity contribution in [1.82, 2.24) is 0 Å². The summed E-state index contributed by atoms with van der Waals surface area (Å²) in [7, 11) is 0. The van der Waals surface area contributed by atoms with Crippen molar-refractivity contribution < 1.29 is 4.79 Å². The number of thiol groups is 1. The molecule has 0 radical (unpaired) electrons. The van der Waals surface area contributed by atoms with Gasteiger partial charge in [-0.3, -0.25) is 4.79 Å². The topological polar surface area (TPSA) is 17.1 Å². The van der Waals surface area contributed by atoms with E-state index in [1.54, 1.807) is 0 Å². The van der Waals surface area contributed by atoms with Gasteiger partial charge in [-0.05, 0) is 37.0 Å². The number of hydrogen-bond donors (Lipinski definition) is 1. The lowest BCUT2D eigenvalue weighted by molar-refractivity contribution is 0.0982. The summed E-state index contributed by atoms with van der Waals surface area (Å²) < 4.78 is 0. The number of fused-ring (bicyclic) bond motifs is 1. The number of rotatable bonds is 0. The maximum Gasteiger partial charge on any atom is 0.163 e. The van der Waals surface area contributed by atoms with Gasteiger partial charge in [-0.2, -0.15) is 0 Å². The lowest BCUT2D eigenvalue weighted by Crippen LogP contribution is -1.99. The number of hydrogen-bond acceptors (Lipinski definition) is 2. The molecule has 1 aromatic carbocycles. The average Bonchev–Trinajstić information content (AvgIpc) is 2.29. The molecule has 0 amide bonds. The molecule has 0 spiro atoms. The predicted molar refractivity (Wildman–Crippen MR) is 55.6 cm³/mol. The lowest BCUT2D eigenvalue weighted by Gasteiger charge is -2.04. The Hall–Kier alpha value is -0.760. The third-order valence-electron chi connectivity index (χ3n) is 2.49. The SMILES string of the molecule is O=C1CCCCc2ccc(S)cc21. The zero-order valence-corrected chi connectivity index (χ0v) is 8.31. The lowest BCUT2D eigenvalue weighted by atomic mass is 10.0. The van der Waals surface area contributed by atoms with Gasteiger partial charge in [0, 0.05) is 16.9 Å². The quantitative estimate of drug-likeness (QED) is 0.494. The summed E-state index contributed by atoms with van der Waals surface area (Å²) in [5, 5.41) is 0. The Kier molecular flexibility index (Phi) is 2.40. The Morgan fingerprint density at radius 1 is 1.15 bits per heavy atom. The van der Waals surface area contributed by atoms with Crippen LogP contribution >= 0.6 is 12.6 Å². The minimum Gasteiger partial charge on any atom is -0.294 e. The first-order valence-corrected chi connectivity index (χ1v) is 5.07. The first kappa shape index (κ1) is 8.82. The summed E-state index contributed by atoms with van der Waals surface area (Å²) in [5.41, 5.74) is 2.09. The number of carbonyl (C=O) groups is 1. The highest BCUT2D eigenvalue weighted by atomic mass is 32.1. The number of ketones is 1. The van der Waals surface area contributed by atoms with Crippen LogP contribution in [0.25, 0.3) is 0 Å². The summed E-state index contributed by atoms with van der Waals surface area (Å²) >= 11 is 4.24. The summed E-state index contributed by atoms with van der Waals surface area (Å²) in [4.78, 5) is 12.5. The van der Waals surface area contributed by atoms with Crippen LogP contribution in [-0.2, 0) is 6.42 Å². The van der Waals surface area contributed by atoms with Crippen molar-refractivity contribution in [3.05, 3.63) is 29.3 Å². The van der Waals surface area contributed by atoms with E-state index < -0.39 is 0 Å². The maximum atomic E-state index is 11.6. The minimum absolute atomic E-state index is 0.281. The van der Waals surface area contributed by atoms with Crippen molar-refractivity contribution in [3.63, 3.8) is 0 Å². The molecule has 0 atom stereocenters. The smallest absolute Gasteiger partial charge is 0.163 e. The summed E-state index contributed by atoms with van der Waals surface area (Å²) in [6.45, 7) is 0. The fourth-order valence-electron chi connectivity index (χ4n) is 1.78. The molecule has 0 aliphatic heterocycles. The monoisotopic (exact) mass is 192 g/mol. The average molecular weight is 192 g/mol. The Morgan fingerprint density at radius 2 is 1.92 bits per heavy atom. The standard InChI is InChI=1S/C11H12OS/c12-11-4-2-1-3-8-5-6-9(13)7-10(8)11/h5-7,13H,1-4H2. The van der Waals surface area contributed by atoms with Crippen LogP contribution in [0.4, 0.5) is 0 Å². The van der Waals surface area contributed by atoms with E-state index >= 15 is 0 Å². The molecule has 1 aromatic rings. The van der Waals surface area contributed by atoms with E-state index in [9.17, 15) is 4.79 Å². The van der Waals surface area contributed by atoms with Gasteiger partial charge in [0.2, 0.25) is 0 Å². The summed E-state index contributed by atoms with van der Waals surface area (Å²) in [5.74, 6) is 0.281. The molecule has 0 saturated carbocycles. The number of benzene rings is 1. The second kappa shape index (κ2) is 3.54. The molecule has 0 N–H and O–H groups in total. The number of Topliss-reactive ketones (excluding diaryl/α,β-unsaturated/α-hetero) is 1. The molecule has 0 fully saturated rings. The molecule has 1 aliphatic carbocycles. The first-order valence-electron chi connectivity index (χ1n) is 4.62. The molecule has 1 nitrogen and oxygen atoms in total. The second-order valence-corrected chi connectivity index (χ2v) is 3.99. The van der Waals surface area contributed by atoms with Crippen molar-refractivity contribution in [2.24, 2.45) is 0 Å². The van der Waals surface area contributed by atoms with Crippen LogP contribution in [0.5, 0.6) is 0 Å². The summed E-state index contributed by atoms with van der Waals surface area (Å²) in [6, 6.07) is 5.88. The minimum atomic E-state index is 0.281. The van der Waals surface area contributed by atoms with Crippen LogP contribution in [0, 0.1) is 0 Å². The highest BCUT2D eigenvalue weighted by molar-refractivity contribution is 7.80. The largest absolute Gasteiger partial charge is 0.294 e. The second-order valence-electron chi connectivity index (χ2n) is 3.47. The Labute approximate surface area is 83.6 Å². The maximum absolute atomic E-state index is 11.6. The van der Waals surface area contributed by atoms with Gasteiger partial charge in [0.15, 0.2) is 5.78 Å². The molecule has 0 bridgehead atoms. The molecule has 68 valence electrons. The Morgan fingerprint density at radius 3 is 2.77 bits per heavy atom. The van der Waals surface area contributed by atoms with Crippen LogP contribution in [0.3, 0.4) is 0 Å². The molecular formula is C11H12OS. The molecule has 2 rings (SSSR count). The van der Waals surface area contributed by atoms with E-state index in [0.29, 0.717) is 6.42 Å². The Balaban J connectivity index is 2.49. The molecule has 0 heterocycles. The van der Waals surface area contributed by atoms with Crippen LogP contribution in [0.1, 0.15) is 35.2 Å². The highest BCUT2D eigenvalue weighted by Crippen LogP contribution is 2.22. The molecule has 2 heteroatoms. The fourth-order valence-corrected chi connectivity index (χ4v) is 1.98. The zero-order valence-electron chi connectivity index (χ0n) is 7.42. The van der Waals surface area contributed by atoms with Gasteiger partial charge in [0.25, 0.3) is 0 Å². The van der Waals surface area contributed by atoms with Gasteiger partial charge < -0.3 is 0 Å². The normalized spacial score (nSPS) is 16.5. The van der Waals surface area contributed by atoms with E-state index in [1.807, 2.05) is 18.2 Å². The van der Waals surface area contributed by atoms with Gasteiger partial charge in [0.1, 0.15) is 0 Å². The molecule has 0 saturated heterocycles. The molecule has 0 aromatic heterocycles. The number of aryl methyl sites for hydroxylation is 1. The molecular weight excluding hydrogens is 180 g/mol. The van der Waals surface area contributed by atoms with E-state index in [2.05, 4.69) is 12.6 Å². The van der Waals surface area contributed by atoms with Crippen LogP contribution in [0.2, 0.25) is 0 Å². The van der Waals surface area contributed by atoms with Crippen molar-refractivity contribution in [3.8, 4) is 0 Å². The van der Waals surface area contributed by atoms with Crippen molar-refractivity contribution >= 4 is 18.4 Å². The third kappa shape index (κ3) is 1.78. The summed E-state index contributed by atoms with van der Waals surface area (Å²) in [6.07, 6.45) is 3.89. The van der Waals surface area contributed by atoms with E-state index in [4.69, 9.17) is 0 Å². The highest BCUT2D eigenvalue weighted by Gasteiger charge is 2.14. The fraction of sp³-hybridized carbons (Fsp3) is 0.364. The Bertz CT molecular complexity index is 344. The van der Waals surface area contributed by atoms with E-state index in [-0.39, 0.29) is 5.78 Å². The van der Waals surface area contributed by atoms with Crippen LogP contribution in [-0.4, -0.2) is 5.78 Å². The van der Waals surface area contributed by atoms with Gasteiger partial charge >= 0.3 is 0 Å². The van der Waals surface area contributed by atoms with E-state index in [0.717, 1.165) is 29.7 Å². The third-order valence-corrected chi connectivity index (χ3v) is 2.77. The molecule has 1 aliphatic rings. The molecule has 13 heavy (non-hydrogen) atoms. The zero-order chi connectivity index (χ0) is 9.26. The van der Waals surface area contributed by atoms with Crippen molar-refractivity contribution in [1.29, 1.82) is 0 Å². The van der Waals surface area contributed by atoms with E-state index in [1.165, 1.54) is 5.56 Å². The van der Waals surface area contributed by atoms with Crippen LogP contribution in [0.15, 0.2) is 23.1 Å². The van der Waals surface area contributed by atoms with Crippen molar-refractivity contribution in [2.75, 3.05) is 0 Å². The van der Waals surface area contributed by atoms with Gasteiger partial charge in [0.05, 0.1) is 0 Å². The van der Waals surface area contributed by atoms with Gasteiger partial charge in [-0.25, -0.2) is 0 Å². The molecule has 0 unspecified atom stereocenters. The predicted octanol–water partition coefficient (Wildman–Crippen LogP) is 2.88. The van der Waals surface area contributed by atoms with Gasteiger partial charge in [-0.1, -0.05) is 6.07 Å². The van der Waals surface area contributed by atoms with Gasteiger partial charge in [-0.15, -0.1) is 12.6 Å². The number of carbonyl (C=O) groups excluding carboxylic acids is 1. The first-order chi connectivity index (χ1) is 6.27.